The van der Waals surface area contributed by atoms with Gasteiger partial charge in [0.15, 0.2) is 17.3 Å². The maximum Gasteiger partial charge on any atom is 0.355 e. The van der Waals surface area contributed by atoms with Crippen LogP contribution >= 0.6 is 11.6 Å². The third-order valence-corrected chi connectivity index (χ3v) is 5.03. The maximum absolute atomic E-state index is 13.6. The summed E-state index contributed by atoms with van der Waals surface area (Å²) in [5, 5.41) is 24.8. The molecule has 0 radical (unpaired) electrons. The van der Waals surface area contributed by atoms with E-state index < -0.39 is 17.8 Å². The Kier molecular flexibility index (Phi) is 5.30. The van der Waals surface area contributed by atoms with Crippen LogP contribution in [-0.2, 0) is 9.53 Å². The molecule has 31 heavy (non-hydrogen) atoms. The first kappa shape index (κ1) is 20.4. The Morgan fingerprint density at radius 2 is 1.90 bits per heavy atom. The quantitative estimate of drug-likeness (QED) is 0.452. The molecule has 2 aromatic carbocycles. The maximum atomic E-state index is 13.6. The fourth-order valence-electron chi connectivity index (χ4n) is 3.32. The largest absolute Gasteiger partial charge is 0.504 e. The summed E-state index contributed by atoms with van der Waals surface area (Å²) in [5.41, 5.74) is 0.766. The average Bonchev–Trinajstić information content (AvgIpc) is 3.26. The Labute approximate surface area is 181 Å². The Morgan fingerprint density at radius 1 is 1.16 bits per heavy atom. The fraction of sp³-hybridized carbons (Fsp3) is 0.150. The lowest BCUT2D eigenvalue weighted by molar-refractivity contribution is -0.136. The Balaban J connectivity index is 1.96. The topological polar surface area (TPSA) is 128 Å². The number of methoxy groups -OCH3 is 2. The van der Waals surface area contributed by atoms with Gasteiger partial charge in [-0.3, -0.25) is 4.79 Å². The van der Waals surface area contributed by atoms with Gasteiger partial charge in [-0.15, -0.1) is 0 Å². The summed E-state index contributed by atoms with van der Waals surface area (Å²) in [7, 11) is 2.61. The number of nitrogens with zero attached hydrogens (tertiary/aromatic N) is 4. The molecule has 2 N–H and O–H groups in total. The van der Waals surface area contributed by atoms with Crippen molar-refractivity contribution in [2.24, 2.45) is 0 Å². The Hall–Kier alpha value is -3.92. The van der Waals surface area contributed by atoms with Crippen LogP contribution in [0, 0.1) is 0 Å². The lowest BCUT2D eigenvalue weighted by Crippen LogP contribution is -2.33. The zero-order chi connectivity index (χ0) is 22.1. The minimum atomic E-state index is -0.905. The monoisotopic (exact) mass is 441 g/mol. The van der Waals surface area contributed by atoms with Gasteiger partial charge in [0, 0.05) is 10.6 Å². The number of hydrogen-bond donors (Lipinski definition) is 2. The fourth-order valence-corrected chi connectivity index (χ4v) is 3.44. The number of allylic oxidation sites excluding steroid dienone is 1. The zero-order valence-corrected chi connectivity index (χ0v) is 17.1. The number of ether oxygens (including phenoxy) is 2. The van der Waals surface area contributed by atoms with E-state index in [0.717, 1.165) is 0 Å². The molecule has 0 amide bonds. The van der Waals surface area contributed by atoms with Crippen LogP contribution in [0.2, 0.25) is 5.02 Å². The SMILES string of the molecule is COC(=O)C1=C(C(=O)c2ccc(Cl)cc2)[C@@H](c2ccc(O)c(OC)c2)n2nnnc2N1. The van der Waals surface area contributed by atoms with Gasteiger partial charge in [-0.05, 0) is 52.4 Å². The predicted molar refractivity (Wildman–Crippen MR) is 109 cm³/mol. The number of carbonyl (C=O) groups is 2. The van der Waals surface area contributed by atoms with Gasteiger partial charge < -0.3 is 19.9 Å². The highest BCUT2D eigenvalue weighted by Crippen LogP contribution is 2.39. The number of aromatic nitrogens is 4. The van der Waals surface area contributed by atoms with Crippen molar-refractivity contribution in [1.82, 2.24) is 20.2 Å². The van der Waals surface area contributed by atoms with E-state index in [0.29, 0.717) is 16.1 Å². The number of Topliss-reactive ketones (excluding diaryl/α,β-unsaturated/α-hetero) is 1. The number of phenols is 1. The molecule has 1 aromatic heterocycles. The highest BCUT2D eigenvalue weighted by atomic mass is 35.5. The molecule has 158 valence electrons. The molecule has 4 rings (SSSR count). The predicted octanol–water partition coefficient (Wildman–Crippen LogP) is 2.37. The van der Waals surface area contributed by atoms with Crippen molar-refractivity contribution in [3.63, 3.8) is 0 Å². The van der Waals surface area contributed by atoms with E-state index in [2.05, 4.69) is 20.8 Å². The van der Waals surface area contributed by atoms with Gasteiger partial charge in [0.25, 0.3) is 0 Å². The molecule has 1 atom stereocenters. The normalized spacial score (nSPS) is 15.1. The van der Waals surface area contributed by atoms with E-state index in [9.17, 15) is 14.7 Å². The number of tetrazole rings is 1. The van der Waals surface area contributed by atoms with Crippen molar-refractivity contribution in [2.75, 3.05) is 19.5 Å². The molecule has 1 aliphatic heterocycles. The second-order valence-corrected chi connectivity index (χ2v) is 6.96. The lowest BCUT2D eigenvalue weighted by Gasteiger charge is -2.28. The van der Waals surface area contributed by atoms with E-state index >= 15 is 0 Å². The highest BCUT2D eigenvalue weighted by Gasteiger charge is 2.38. The second-order valence-electron chi connectivity index (χ2n) is 6.52. The lowest BCUT2D eigenvalue weighted by atomic mass is 9.89. The third kappa shape index (κ3) is 3.57. The number of esters is 1. The van der Waals surface area contributed by atoms with Crippen LogP contribution in [0.3, 0.4) is 0 Å². The number of carbonyl (C=O) groups excluding carboxylic acids is 2. The van der Waals surface area contributed by atoms with Crippen LogP contribution < -0.4 is 10.1 Å². The summed E-state index contributed by atoms with van der Waals surface area (Å²) in [5.74, 6) is -0.974. The number of rotatable bonds is 5. The van der Waals surface area contributed by atoms with E-state index in [-0.39, 0.29) is 28.7 Å². The van der Waals surface area contributed by atoms with Crippen LogP contribution in [0.4, 0.5) is 5.95 Å². The van der Waals surface area contributed by atoms with Crippen LogP contribution in [0.15, 0.2) is 53.7 Å². The molecule has 1 aliphatic rings. The molecule has 3 aromatic rings. The standard InChI is InChI=1S/C20H16ClN5O5/c1-30-14-9-11(5-8-13(14)27)17-15(18(28)10-3-6-12(21)7-4-10)16(19(29)31-2)22-20-23-24-25-26(17)20/h3-9,17,27H,1-2H3,(H,22,23,25)/t17-/m1/s1. The molecular weight excluding hydrogens is 426 g/mol. The van der Waals surface area contributed by atoms with Gasteiger partial charge in [0.1, 0.15) is 11.7 Å². The summed E-state index contributed by atoms with van der Waals surface area (Å²) in [4.78, 5) is 26.2. The molecule has 11 heteroatoms. The number of anilines is 1. The smallest absolute Gasteiger partial charge is 0.355 e. The molecule has 10 nitrogen and oxygen atoms in total. The summed E-state index contributed by atoms with van der Waals surface area (Å²) in [6.45, 7) is 0. The molecule has 0 aliphatic carbocycles. The van der Waals surface area contributed by atoms with Crippen molar-refractivity contribution >= 4 is 29.3 Å². The third-order valence-electron chi connectivity index (χ3n) is 4.78. The molecule has 2 heterocycles. The number of phenolic OH excluding ortho intramolecular Hbond substituents is 1. The number of nitrogens with one attached hydrogen (secondary N) is 1. The van der Waals surface area contributed by atoms with E-state index in [1.54, 1.807) is 36.4 Å². The molecule has 0 bridgehead atoms. The number of aromatic hydroxyl groups is 1. The van der Waals surface area contributed by atoms with Crippen LogP contribution in [-0.4, -0.2) is 51.3 Å². The van der Waals surface area contributed by atoms with Crippen molar-refractivity contribution < 1.29 is 24.2 Å². The van der Waals surface area contributed by atoms with Crippen molar-refractivity contribution in [3.05, 3.63) is 69.9 Å². The molecule has 0 saturated heterocycles. The number of benzene rings is 2. The second kappa shape index (κ2) is 8.07. The van der Waals surface area contributed by atoms with Gasteiger partial charge in [-0.25, -0.2) is 4.79 Å². The number of hydrogen-bond acceptors (Lipinski definition) is 9. The van der Waals surface area contributed by atoms with Gasteiger partial charge in [-0.2, -0.15) is 4.68 Å². The van der Waals surface area contributed by atoms with Crippen LogP contribution in [0.25, 0.3) is 0 Å². The summed E-state index contributed by atoms with van der Waals surface area (Å²) >= 11 is 5.95. The van der Waals surface area contributed by atoms with E-state index in [4.69, 9.17) is 21.1 Å². The van der Waals surface area contributed by atoms with Gasteiger partial charge in [0.05, 0.1) is 19.8 Å². The van der Waals surface area contributed by atoms with Crippen molar-refractivity contribution in [3.8, 4) is 11.5 Å². The first-order valence-corrected chi connectivity index (χ1v) is 9.37. The Bertz CT molecular complexity index is 1200. The molecule has 0 saturated carbocycles. The molecule has 0 spiro atoms. The number of ketones is 1. The number of fused-ring (bicyclic) bond motifs is 1. The van der Waals surface area contributed by atoms with Gasteiger partial charge >= 0.3 is 5.97 Å². The van der Waals surface area contributed by atoms with E-state index in [1.807, 2.05) is 0 Å². The van der Waals surface area contributed by atoms with Gasteiger partial charge in [-0.1, -0.05) is 22.8 Å². The van der Waals surface area contributed by atoms with Crippen LogP contribution in [0.5, 0.6) is 11.5 Å². The minimum absolute atomic E-state index is 0.0571. The molecular formula is C20H16ClN5O5. The van der Waals surface area contributed by atoms with Crippen molar-refractivity contribution in [1.29, 1.82) is 0 Å². The van der Waals surface area contributed by atoms with E-state index in [1.165, 1.54) is 25.0 Å². The minimum Gasteiger partial charge on any atom is -0.504 e. The summed E-state index contributed by atoms with van der Waals surface area (Å²) in [6, 6.07) is 9.89. The summed E-state index contributed by atoms with van der Waals surface area (Å²) in [6.07, 6.45) is 0. The first-order chi connectivity index (χ1) is 14.9. The molecule has 0 unspecified atom stereocenters. The zero-order valence-electron chi connectivity index (χ0n) is 16.4. The van der Waals surface area contributed by atoms with Gasteiger partial charge in [0.2, 0.25) is 5.95 Å². The molecule has 0 fully saturated rings. The highest BCUT2D eigenvalue weighted by molar-refractivity contribution is 6.30. The Morgan fingerprint density at radius 3 is 2.58 bits per heavy atom. The van der Waals surface area contributed by atoms with Crippen molar-refractivity contribution in [2.45, 2.75) is 6.04 Å². The van der Waals surface area contributed by atoms with Crippen LogP contribution in [0.1, 0.15) is 22.0 Å². The number of halogens is 1. The summed E-state index contributed by atoms with van der Waals surface area (Å²) < 4.78 is 11.5. The first-order valence-electron chi connectivity index (χ1n) is 8.99. The average molecular weight is 442 g/mol.